The zero-order chi connectivity index (χ0) is 12.5. The van der Waals surface area contributed by atoms with Crippen LogP contribution in [-0.4, -0.2) is 49.9 Å². The van der Waals surface area contributed by atoms with Gasteiger partial charge in [-0.15, -0.1) is 0 Å². The van der Waals surface area contributed by atoms with Crippen LogP contribution in [0.5, 0.6) is 0 Å². The normalized spacial score (nSPS) is 19.2. The van der Waals surface area contributed by atoms with E-state index >= 15 is 0 Å². The van der Waals surface area contributed by atoms with Crippen molar-refractivity contribution < 1.29 is 4.74 Å². The van der Waals surface area contributed by atoms with Gasteiger partial charge >= 0.3 is 0 Å². The van der Waals surface area contributed by atoms with Crippen LogP contribution in [0.2, 0.25) is 0 Å². The number of hydrogen-bond donors (Lipinski definition) is 1. The van der Waals surface area contributed by atoms with Crippen LogP contribution in [0.4, 0.5) is 11.6 Å². The molecule has 6 nitrogen and oxygen atoms in total. The van der Waals surface area contributed by atoms with Gasteiger partial charge in [0.05, 0.1) is 19.8 Å². The highest BCUT2D eigenvalue weighted by atomic mass is 16.5. The van der Waals surface area contributed by atoms with Crippen LogP contribution in [0, 0.1) is 0 Å². The van der Waals surface area contributed by atoms with E-state index < -0.39 is 0 Å². The van der Waals surface area contributed by atoms with Crippen molar-refractivity contribution in [1.82, 2.24) is 9.97 Å². The van der Waals surface area contributed by atoms with Gasteiger partial charge < -0.3 is 20.3 Å². The van der Waals surface area contributed by atoms with E-state index in [4.69, 9.17) is 10.5 Å². The van der Waals surface area contributed by atoms with E-state index in [1.807, 2.05) is 0 Å². The molecule has 0 radical (unpaired) electrons. The molecule has 2 aliphatic rings. The molecule has 2 aliphatic heterocycles. The predicted molar refractivity (Wildman–Crippen MR) is 69.9 cm³/mol. The molecular formula is C12H19N5O. The smallest absolute Gasteiger partial charge is 0.146 e. The lowest BCUT2D eigenvalue weighted by Gasteiger charge is -2.29. The summed E-state index contributed by atoms with van der Waals surface area (Å²) < 4.78 is 5.40. The molecule has 1 aromatic heterocycles. The van der Waals surface area contributed by atoms with E-state index in [1.54, 1.807) is 0 Å². The van der Waals surface area contributed by atoms with Gasteiger partial charge in [-0.25, -0.2) is 9.97 Å². The molecule has 3 heterocycles. The summed E-state index contributed by atoms with van der Waals surface area (Å²) in [5, 5.41) is 0. The molecule has 0 bridgehead atoms. The van der Waals surface area contributed by atoms with Crippen molar-refractivity contribution in [2.75, 3.05) is 49.7 Å². The van der Waals surface area contributed by atoms with Crippen molar-refractivity contribution in [1.29, 1.82) is 0 Å². The number of nitrogens with two attached hydrogens (primary N) is 1. The lowest BCUT2D eigenvalue weighted by atomic mass is 10.2. The number of fused-ring (bicyclic) bond motifs is 1. The van der Waals surface area contributed by atoms with Gasteiger partial charge in [0.1, 0.15) is 17.5 Å². The third kappa shape index (κ3) is 1.91. The first-order valence-corrected chi connectivity index (χ1v) is 6.43. The highest BCUT2D eigenvalue weighted by Crippen LogP contribution is 2.32. The Morgan fingerprint density at radius 3 is 2.61 bits per heavy atom. The average molecular weight is 249 g/mol. The maximum absolute atomic E-state index is 5.70. The minimum Gasteiger partial charge on any atom is -0.378 e. The molecule has 0 unspecified atom stereocenters. The number of nitrogens with zero attached hydrogens (tertiary/aromatic N) is 4. The molecule has 98 valence electrons. The van der Waals surface area contributed by atoms with Crippen molar-refractivity contribution in [3.05, 3.63) is 11.4 Å². The fraction of sp³-hybridized carbons (Fsp3) is 0.667. The van der Waals surface area contributed by atoms with Crippen molar-refractivity contribution in [2.24, 2.45) is 5.73 Å². The lowest BCUT2D eigenvalue weighted by molar-refractivity contribution is 0.122. The van der Waals surface area contributed by atoms with Crippen LogP contribution >= 0.6 is 0 Å². The molecule has 1 fully saturated rings. The lowest BCUT2D eigenvalue weighted by Crippen LogP contribution is -2.37. The molecule has 0 aliphatic carbocycles. The van der Waals surface area contributed by atoms with E-state index in [2.05, 4.69) is 26.8 Å². The van der Waals surface area contributed by atoms with Crippen molar-refractivity contribution in [2.45, 2.75) is 13.0 Å². The van der Waals surface area contributed by atoms with Crippen LogP contribution in [0.25, 0.3) is 0 Å². The molecule has 0 amide bonds. The van der Waals surface area contributed by atoms with Crippen LogP contribution in [0.1, 0.15) is 11.4 Å². The first-order chi connectivity index (χ1) is 8.79. The molecule has 0 saturated carbocycles. The van der Waals surface area contributed by atoms with Crippen molar-refractivity contribution in [3.63, 3.8) is 0 Å². The minimum atomic E-state index is 0.387. The summed E-state index contributed by atoms with van der Waals surface area (Å²) in [6, 6.07) is 0. The average Bonchev–Trinajstić information content (AvgIpc) is 2.80. The van der Waals surface area contributed by atoms with Gasteiger partial charge in [0, 0.05) is 32.2 Å². The van der Waals surface area contributed by atoms with E-state index in [1.165, 1.54) is 5.56 Å². The SMILES string of the molecule is CN1CCc2c1nc(CN)nc2N1CCOCC1. The second-order valence-electron chi connectivity index (χ2n) is 4.74. The first kappa shape index (κ1) is 11.7. The molecule has 2 N–H and O–H groups in total. The number of ether oxygens (including phenoxy) is 1. The molecule has 1 saturated heterocycles. The zero-order valence-corrected chi connectivity index (χ0v) is 10.7. The predicted octanol–water partition coefficient (Wildman–Crippen LogP) is -0.236. The number of morpholine rings is 1. The first-order valence-electron chi connectivity index (χ1n) is 6.43. The van der Waals surface area contributed by atoms with E-state index in [9.17, 15) is 0 Å². The van der Waals surface area contributed by atoms with Gasteiger partial charge in [0.15, 0.2) is 0 Å². The number of anilines is 2. The van der Waals surface area contributed by atoms with Crippen molar-refractivity contribution in [3.8, 4) is 0 Å². The molecular weight excluding hydrogens is 230 g/mol. The van der Waals surface area contributed by atoms with Gasteiger partial charge in [0.25, 0.3) is 0 Å². The Morgan fingerprint density at radius 2 is 1.89 bits per heavy atom. The Hall–Kier alpha value is -1.40. The standard InChI is InChI=1S/C12H19N5O/c1-16-3-2-9-11(16)14-10(8-13)15-12(9)17-4-6-18-7-5-17/h2-8,13H2,1H3. The second-order valence-corrected chi connectivity index (χ2v) is 4.74. The fourth-order valence-electron chi connectivity index (χ4n) is 2.56. The molecule has 18 heavy (non-hydrogen) atoms. The number of aromatic nitrogens is 2. The maximum atomic E-state index is 5.70. The maximum Gasteiger partial charge on any atom is 0.146 e. The minimum absolute atomic E-state index is 0.387. The summed E-state index contributed by atoms with van der Waals surface area (Å²) in [4.78, 5) is 13.6. The van der Waals surface area contributed by atoms with Gasteiger partial charge in [-0.05, 0) is 6.42 Å². The summed E-state index contributed by atoms with van der Waals surface area (Å²) >= 11 is 0. The summed E-state index contributed by atoms with van der Waals surface area (Å²) in [5.74, 6) is 2.84. The Bertz CT molecular complexity index is 444. The Labute approximate surface area is 107 Å². The zero-order valence-electron chi connectivity index (χ0n) is 10.7. The molecule has 6 heteroatoms. The monoisotopic (exact) mass is 249 g/mol. The molecule has 0 atom stereocenters. The van der Waals surface area contributed by atoms with Crippen LogP contribution in [0.3, 0.4) is 0 Å². The van der Waals surface area contributed by atoms with E-state index in [0.29, 0.717) is 6.54 Å². The fourth-order valence-corrected chi connectivity index (χ4v) is 2.56. The van der Waals surface area contributed by atoms with E-state index in [0.717, 1.165) is 56.7 Å². The summed E-state index contributed by atoms with van der Waals surface area (Å²) in [6.45, 7) is 4.74. The molecule has 1 aromatic rings. The van der Waals surface area contributed by atoms with Gasteiger partial charge in [-0.2, -0.15) is 0 Å². The third-order valence-electron chi connectivity index (χ3n) is 3.56. The number of rotatable bonds is 2. The Morgan fingerprint density at radius 1 is 1.17 bits per heavy atom. The quantitative estimate of drug-likeness (QED) is 0.780. The number of likely N-dealkylation sites (N-methyl/N-ethyl adjacent to an activating group) is 1. The van der Waals surface area contributed by atoms with E-state index in [-0.39, 0.29) is 0 Å². The summed E-state index contributed by atoms with van der Waals surface area (Å²) in [6.07, 6.45) is 1.02. The molecule has 0 aromatic carbocycles. The largest absolute Gasteiger partial charge is 0.378 e. The second kappa shape index (κ2) is 4.70. The Kier molecular flexibility index (Phi) is 3.05. The molecule has 3 rings (SSSR count). The Balaban J connectivity index is 2.01. The van der Waals surface area contributed by atoms with Gasteiger partial charge in [0.2, 0.25) is 0 Å². The summed E-state index contributed by atoms with van der Waals surface area (Å²) in [7, 11) is 2.07. The van der Waals surface area contributed by atoms with Crippen molar-refractivity contribution >= 4 is 11.6 Å². The van der Waals surface area contributed by atoms with Crippen LogP contribution in [-0.2, 0) is 17.7 Å². The van der Waals surface area contributed by atoms with Crippen LogP contribution in [0.15, 0.2) is 0 Å². The summed E-state index contributed by atoms with van der Waals surface area (Å²) in [5.41, 5.74) is 6.96. The van der Waals surface area contributed by atoms with Gasteiger partial charge in [-0.3, -0.25) is 0 Å². The third-order valence-corrected chi connectivity index (χ3v) is 3.56. The van der Waals surface area contributed by atoms with Gasteiger partial charge in [-0.1, -0.05) is 0 Å². The highest BCUT2D eigenvalue weighted by molar-refractivity contribution is 5.63. The number of hydrogen-bond acceptors (Lipinski definition) is 6. The van der Waals surface area contributed by atoms with Crippen LogP contribution < -0.4 is 15.5 Å². The molecule has 0 spiro atoms. The highest BCUT2D eigenvalue weighted by Gasteiger charge is 2.26. The topological polar surface area (TPSA) is 67.5 Å².